The van der Waals surface area contributed by atoms with Crippen molar-refractivity contribution in [3.63, 3.8) is 0 Å². The van der Waals surface area contributed by atoms with Crippen LogP contribution in [0.5, 0.6) is 0 Å². The third-order valence-corrected chi connectivity index (χ3v) is 13.9. The fourth-order valence-electron chi connectivity index (χ4n) is 8.70. The van der Waals surface area contributed by atoms with Gasteiger partial charge in [-0.05, 0) is 107 Å². The van der Waals surface area contributed by atoms with Crippen LogP contribution in [0.4, 0.5) is 0 Å². The minimum atomic E-state index is -4.49. The van der Waals surface area contributed by atoms with Gasteiger partial charge < -0.3 is 9.11 Å². The zero-order chi connectivity index (χ0) is 43.6. The van der Waals surface area contributed by atoms with Crippen LogP contribution >= 0.6 is 0 Å². The van der Waals surface area contributed by atoms with Crippen molar-refractivity contribution in [1.82, 2.24) is 0 Å². The van der Waals surface area contributed by atoms with Crippen LogP contribution in [-0.4, -0.2) is 63.7 Å². The zero-order valence-corrected chi connectivity index (χ0v) is 42.4. The summed E-state index contributed by atoms with van der Waals surface area (Å²) in [7, 11) is -8.98. The van der Waals surface area contributed by atoms with Gasteiger partial charge >= 0.3 is 37.7 Å². The Kier molecular flexibility index (Phi) is 28.6. The summed E-state index contributed by atoms with van der Waals surface area (Å²) in [5.74, 6) is 0. The van der Waals surface area contributed by atoms with E-state index in [0.717, 1.165) is 108 Å². The maximum atomic E-state index is 12.1. The summed E-state index contributed by atoms with van der Waals surface area (Å²) in [5, 5.41) is 4.12. The van der Waals surface area contributed by atoms with E-state index >= 15 is 0 Å². The van der Waals surface area contributed by atoms with E-state index in [-0.39, 0.29) is 47.5 Å². The Morgan fingerprint density at radius 3 is 0.885 bits per heavy atom. The number of aryl methyl sites for hydroxylation is 4. The van der Waals surface area contributed by atoms with Crippen molar-refractivity contribution in [3.05, 3.63) is 82.9 Å². The Hall–Kier alpha value is -1.52. The predicted octanol–water partition coefficient (Wildman–Crippen LogP) is 14.7. The van der Waals surface area contributed by atoms with Gasteiger partial charge in [0.25, 0.3) is 0 Å². The summed E-state index contributed by atoms with van der Waals surface area (Å²) >= 11 is 0. The van der Waals surface area contributed by atoms with Crippen LogP contribution in [-0.2, 0) is 45.9 Å². The molecule has 4 rings (SSSR count). The van der Waals surface area contributed by atoms with Crippen LogP contribution in [0.25, 0.3) is 21.5 Å². The van der Waals surface area contributed by atoms with Gasteiger partial charge in [-0.1, -0.05) is 205 Å². The number of unbranched alkanes of at least 4 members (excludes halogenated alkanes) is 20. The Bertz CT molecular complexity index is 1900. The average Bonchev–Trinajstić information content (AvgIpc) is 3.23. The summed E-state index contributed by atoms with van der Waals surface area (Å²) in [4.78, 5) is 0.0199. The first-order valence-corrected chi connectivity index (χ1v) is 26.8. The second kappa shape index (κ2) is 31.4. The van der Waals surface area contributed by atoms with E-state index in [9.17, 15) is 25.9 Å². The topological polar surface area (TPSA) is 114 Å². The molecule has 4 aromatic rings. The van der Waals surface area contributed by atoms with Crippen LogP contribution in [0.15, 0.2) is 70.5 Å². The van der Waals surface area contributed by atoms with E-state index in [0.29, 0.717) is 12.8 Å². The summed E-state index contributed by atoms with van der Waals surface area (Å²) < 4.78 is 72.7. The van der Waals surface area contributed by atoms with Gasteiger partial charge in [0.05, 0.1) is 9.79 Å². The summed E-state index contributed by atoms with van der Waals surface area (Å²) in [6, 6.07) is 19.4. The van der Waals surface area contributed by atoms with E-state index in [2.05, 4.69) is 39.8 Å². The summed E-state index contributed by atoms with van der Waals surface area (Å²) in [6.07, 6.45) is 31.0. The first kappa shape index (κ1) is 55.6. The van der Waals surface area contributed by atoms with Gasteiger partial charge in [-0.15, -0.1) is 0 Å². The Labute approximate surface area is 402 Å². The van der Waals surface area contributed by atoms with E-state index in [1.807, 2.05) is 36.4 Å². The molecule has 0 aliphatic carbocycles. The van der Waals surface area contributed by atoms with Crippen molar-refractivity contribution in [1.29, 1.82) is 0 Å². The molecule has 61 heavy (non-hydrogen) atoms. The minimum absolute atomic E-state index is 0. The molecule has 0 aliphatic rings. The maximum Gasteiger partial charge on any atom is 2.00 e. The first-order valence-electron chi connectivity index (χ1n) is 24.0. The number of rotatable bonds is 30. The van der Waals surface area contributed by atoms with Crippen LogP contribution < -0.4 is 0 Å². The van der Waals surface area contributed by atoms with E-state index in [1.165, 1.54) is 103 Å². The number of benzene rings is 4. The molecule has 0 saturated heterocycles. The molecular weight excluding hydrogens is 825 g/mol. The van der Waals surface area contributed by atoms with Crippen molar-refractivity contribution in [2.75, 3.05) is 0 Å². The largest absolute Gasteiger partial charge is 2.00 e. The van der Waals surface area contributed by atoms with Crippen molar-refractivity contribution >= 4 is 79.5 Å². The van der Waals surface area contributed by atoms with E-state index < -0.39 is 20.2 Å². The standard InChI is InChI=1S/2C26H40O3S.Ca/c2*1-3-5-7-9-11-13-17-22-21-26(30(27,28)29)25(20-14-12-10-8-6-4-2)24-19-16-15-18-23(22)24;/h2*15-16,18-19,21H,3-14,17,20H2,1-2H3,(H,27,28,29);/q;;+2/p-2. The molecule has 4 aromatic carbocycles. The van der Waals surface area contributed by atoms with Gasteiger partial charge in [-0.2, -0.15) is 0 Å². The predicted molar refractivity (Wildman–Crippen MR) is 258 cm³/mol. The second-order valence-corrected chi connectivity index (χ2v) is 19.8. The molecule has 6 nitrogen and oxygen atoms in total. The molecule has 0 N–H and O–H groups in total. The zero-order valence-electron chi connectivity index (χ0n) is 38.5. The monoisotopic (exact) mass is 902 g/mol. The Morgan fingerprint density at radius 1 is 0.361 bits per heavy atom. The van der Waals surface area contributed by atoms with Gasteiger partial charge in [-0.25, -0.2) is 16.8 Å². The molecule has 0 aliphatic heterocycles. The molecule has 0 spiro atoms. The van der Waals surface area contributed by atoms with Crippen LogP contribution in [0.2, 0.25) is 0 Å². The molecule has 0 amide bonds. The van der Waals surface area contributed by atoms with Crippen molar-refractivity contribution in [2.45, 2.75) is 217 Å². The van der Waals surface area contributed by atoms with Crippen LogP contribution in [0.3, 0.4) is 0 Å². The number of fused-ring (bicyclic) bond motifs is 2. The minimum Gasteiger partial charge on any atom is -0.744 e. The number of hydrogen-bond acceptors (Lipinski definition) is 6. The summed E-state index contributed by atoms with van der Waals surface area (Å²) in [6.45, 7) is 8.82. The molecule has 0 heterocycles. The van der Waals surface area contributed by atoms with Crippen LogP contribution in [0.1, 0.15) is 204 Å². The fraction of sp³-hybridized carbons (Fsp3) is 0.615. The first-order chi connectivity index (χ1) is 29.0. The molecule has 9 heteroatoms. The Morgan fingerprint density at radius 2 is 0.607 bits per heavy atom. The number of hydrogen-bond donors (Lipinski definition) is 0. The van der Waals surface area contributed by atoms with Crippen molar-refractivity contribution in [3.8, 4) is 0 Å². The van der Waals surface area contributed by atoms with Gasteiger partial charge in [0.2, 0.25) is 0 Å². The van der Waals surface area contributed by atoms with Crippen LogP contribution in [0, 0.1) is 0 Å². The maximum absolute atomic E-state index is 12.1. The molecule has 336 valence electrons. The quantitative estimate of drug-likeness (QED) is 0.0292. The molecule has 0 atom stereocenters. The smallest absolute Gasteiger partial charge is 0.744 e. The summed E-state index contributed by atoms with van der Waals surface area (Å²) in [5.41, 5.74) is 3.45. The van der Waals surface area contributed by atoms with Crippen molar-refractivity contribution in [2.24, 2.45) is 0 Å². The second-order valence-electron chi connectivity index (χ2n) is 17.1. The van der Waals surface area contributed by atoms with Gasteiger partial charge in [0.1, 0.15) is 20.2 Å². The molecule has 0 bridgehead atoms. The molecule has 0 aromatic heterocycles. The van der Waals surface area contributed by atoms with Gasteiger partial charge in [0, 0.05) is 0 Å². The van der Waals surface area contributed by atoms with Gasteiger partial charge in [0.15, 0.2) is 0 Å². The fourth-order valence-corrected chi connectivity index (χ4v) is 10.3. The molecule has 0 fully saturated rings. The average molecular weight is 903 g/mol. The molecular formula is C52H78CaO6S2. The normalized spacial score (nSPS) is 11.8. The third kappa shape index (κ3) is 20.0. The molecule has 0 saturated carbocycles. The van der Waals surface area contributed by atoms with E-state index in [1.54, 1.807) is 12.1 Å². The molecule has 0 radical (unpaired) electrons. The van der Waals surface area contributed by atoms with E-state index in [4.69, 9.17) is 0 Å². The Balaban J connectivity index is 0.000000413. The van der Waals surface area contributed by atoms with Crippen molar-refractivity contribution < 1.29 is 25.9 Å². The SMILES string of the molecule is CCCCCCCCc1cc(S(=O)(=O)[O-])c(CCCCCCCC)c2ccccc12.CCCCCCCCc1cc(S(=O)(=O)[O-])c(CCCCCCCC)c2ccccc12.[Ca+2]. The van der Waals surface area contributed by atoms with Gasteiger partial charge in [-0.3, -0.25) is 0 Å². The third-order valence-electron chi connectivity index (χ3n) is 12.1. The molecule has 0 unspecified atom stereocenters.